The molecule has 0 aromatic rings. The van der Waals surface area contributed by atoms with Crippen molar-refractivity contribution in [3.05, 3.63) is 0 Å². The minimum absolute atomic E-state index is 0.0719. The summed E-state index contributed by atoms with van der Waals surface area (Å²) in [6.45, 7) is 5.73. The second kappa shape index (κ2) is 2.43. The molecule has 1 saturated carbocycles. The highest BCUT2D eigenvalue weighted by atomic mass is 16.2. The van der Waals surface area contributed by atoms with Gasteiger partial charge in [0.25, 0.3) is 0 Å². The lowest BCUT2D eigenvalue weighted by atomic mass is 9.71. The number of ketones is 2. The zero-order valence-corrected chi connectivity index (χ0v) is 7.31. The van der Waals surface area contributed by atoms with Crippen molar-refractivity contribution in [1.82, 2.24) is 0 Å². The van der Waals surface area contributed by atoms with E-state index in [-0.39, 0.29) is 29.3 Å². The largest absolute Gasteiger partial charge is 0.299 e. The first-order chi connectivity index (χ1) is 4.93. The Morgan fingerprint density at radius 3 is 2.36 bits per heavy atom. The maximum atomic E-state index is 11.3. The quantitative estimate of drug-likeness (QED) is 0.496. The lowest BCUT2D eigenvalue weighted by Crippen LogP contribution is -2.36. The van der Waals surface area contributed by atoms with Gasteiger partial charge in [-0.25, -0.2) is 0 Å². The van der Waals surface area contributed by atoms with Crippen molar-refractivity contribution in [2.45, 2.75) is 33.6 Å². The molecule has 0 aromatic heterocycles. The Kier molecular flexibility index (Phi) is 1.87. The van der Waals surface area contributed by atoms with E-state index >= 15 is 0 Å². The fourth-order valence-electron chi connectivity index (χ4n) is 1.56. The van der Waals surface area contributed by atoms with Crippen LogP contribution in [0.5, 0.6) is 0 Å². The van der Waals surface area contributed by atoms with Gasteiger partial charge in [0.05, 0.1) is 6.42 Å². The molecule has 0 saturated heterocycles. The van der Waals surface area contributed by atoms with Gasteiger partial charge in [0, 0.05) is 11.3 Å². The smallest absolute Gasteiger partial charge is 0.145 e. The minimum atomic E-state index is -0.271. The van der Waals surface area contributed by atoms with Gasteiger partial charge in [-0.05, 0) is 6.42 Å². The van der Waals surface area contributed by atoms with Crippen LogP contribution in [0.1, 0.15) is 33.6 Å². The van der Waals surface area contributed by atoms with Crippen molar-refractivity contribution in [1.29, 1.82) is 0 Å². The van der Waals surface area contributed by atoms with Crippen LogP contribution in [0.15, 0.2) is 0 Å². The van der Waals surface area contributed by atoms with Crippen LogP contribution in [0.3, 0.4) is 0 Å². The van der Waals surface area contributed by atoms with E-state index in [0.717, 1.165) is 0 Å². The third-order valence-corrected chi connectivity index (χ3v) is 2.46. The number of Topliss-reactive ketones (excluding diaryl/α,β-unsaturated/α-hetero) is 2. The van der Waals surface area contributed by atoms with Crippen molar-refractivity contribution in [3.63, 3.8) is 0 Å². The zero-order chi connectivity index (χ0) is 8.65. The Morgan fingerprint density at radius 2 is 1.91 bits per heavy atom. The van der Waals surface area contributed by atoms with Gasteiger partial charge in [-0.15, -0.1) is 0 Å². The van der Waals surface area contributed by atoms with Gasteiger partial charge < -0.3 is 0 Å². The Bertz CT molecular complexity index is 204. The van der Waals surface area contributed by atoms with Crippen LogP contribution in [0, 0.1) is 11.3 Å². The first-order valence-electron chi connectivity index (χ1n) is 3.99. The van der Waals surface area contributed by atoms with E-state index in [9.17, 15) is 9.59 Å². The van der Waals surface area contributed by atoms with E-state index in [1.807, 2.05) is 20.8 Å². The molecule has 0 N–H and O–H groups in total. The molecule has 1 unspecified atom stereocenters. The van der Waals surface area contributed by atoms with Crippen molar-refractivity contribution < 1.29 is 9.59 Å². The summed E-state index contributed by atoms with van der Waals surface area (Å²) in [5.41, 5.74) is -0.271. The monoisotopic (exact) mass is 154 g/mol. The molecule has 2 heteroatoms. The first-order valence-corrected chi connectivity index (χ1v) is 3.99. The van der Waals surface area contributed by atoms with Crippen LogP contribution in [0.2, 0.25) is 0 Å². The number of carbonyl (C=O) groups is 2. The zero-order valence-electron chi connectivity index (χ0n) is 7.31. The molecule has 1 fully saturated rings. The Balaban J connectivity index is 2.79. The Labute approximate surface area is 67.0 Å². The molecular formula is C9H14O2. The summed E-state index contributed by atoms with van der Waals surface area (Å²) in [7, 11) is 0. The van der Waals surface area contributed by atoms with Crippen LogP contribution in [-0.4, -0.2) is 11.6 Å². The highest BCUT2D eigenvalue weighted by Crippen LogP contribution is 2.33. The van der Waals surface area contributed by atoms with Crippen LogP contribution in [-0.2, 0) is 9.59 Å². The van der Waals surface area contributed by atoms with E-state index in [4.69, 9.17) is 0 Å². The van der Waals surface area contributed by atoms with E-state index in [0.29, 0.717) is 6.42 Å². The summed E-state index contributed by atoms with van der Waals surface area (Å²) < 4.78 is 0. The molecular weight excluding hydrogens is 140 g/mol. The maximum Gasteiger partial charge on any atom is 0.145 e. The summed E-state index contributed by atoms with van der Waals surface area (Å²) in [5.74, 6) is 0.276. The fourth-order valence-corrected chi connectivity index (χ4v) is 1.56. The van der Waals surface area contributed by atoms with Crippen molar-refractivity contribution in [3.8, 4) is 0 Å². The average Bonchev–Trinajstić information content (AvgIpc) is 1.83. The molecule has 0 radical (unpaired) electrons. The van der Waals surface area contributed by atoms with Crippen LogP contribution < -0.4 is 0 Å². The SMILES string of the molecule is CC1CC(C)(C)C(=O)CC1=O. The van der Waals surface area contributed by atoms with Crippen LogP contribution in [0.25, 0.3) is 0 Å². The van der Waals surface area contributed by atoms with Crippen molar-refractivity contribution >= 4 is 11.6 Å². The summed E-state index contributed by atoms with van der Waals surface area (Å²) in [5, 5.41) is 0. The first kappa shape index (κ1) is 8.44. The molecule has 62 valence electrons. The second-order valence-electron chi connectivity index (χ2n) is 4.06. The van der Waals surface area contributed by atoms with Gasteiger partial charge in [-0.1, -0.05) is 20.8 Å². The fraction of sp³-hybridized carbons (Fsp3) is 0.778. The molecule has 1 atom stereocenters. The molecule has 11 heavy (non-hydrogen) atoms. The molecule has 2 nitrogen and oxygen atoms in total. The predicted molar refractivity (Wildman–Crippen MR) is 42.2 cm³/mol. The molecule has 1 aliphatic rings. The van der Waals surface area contributed by atoms with Crippen molar-refractivity contribution in [2.24, 2.45) is 11.3 Å². The van der Waals surface area contributed by atoms with Crippen molar-refractivity contribution in [2.75, 3.05) is 0 Å². The topological polar surface area (TPSA) is 34.1 Å². The Morgan fingerprint density at radius 1 is 1.36 bits per heavy atom. The third kappa shape index (κ3) is 1.50. The standard InChI is InChI=1S/C9H14O2/c1-6-5-9(2,3)8(11)4-7(6)10/h6H,4-5H2,1-3H3. The van der Waals surface area contributed by atoms with Gasteiger partial charge in [-0.2, -0.15) is 0 Å². The summed E-state index contributed by atoms with van der Waals surface area (Å²) >= 11 is 0. The third-order valence-electron chi connectivity index (χ3n) is 2.46. The molecule has 1 aliphatic carbocycles. The molecule has 0 heterocycles. The summed E-state index contributed by atoms with van der Waals surface area (Å²) in [6, 6.07) is 0. The van der Waals surface area contributed by atoms with Gasteiger partial charge in [0.2, 0.25) is 0 Å². The van der Waals surface area contributed by atoms with Crippen LogP contribution >= 0.6 is 0 Å². The van der Waals surface area contributed by atoms with Gasteiger partial charge in [-0.3, -0.25) is 9.59 Å². The maximum absolute atomic E-state index is 11.3. The Hall–Kier alpha value is -0.660. The molecule has 0 aromatic carbocycles. The lowest BCUT2D eigenvalue weighted by Gasteiger charge is -2.30. The molecule has 0 spiro atoms. The predicted octanol–water partition coefficient (Wildman–Crippen LogP) is 1.58. The number of hydrogen-bond donors (Lipinski definition) is 0. The van der Waals surface area contributed by atoms with E-state index in [2.05, 4.69) is 0 Å². The second-order valence-corrected chi connectivity index (χ2v) is 4.06. The average molecular weight is 154 g/mol. The number of hydrogen-bond acceptors (Lipinski definition) is 2. The van der Waals surface area contributed by atoms with E-state index in [1.165, 1.54) is 0 Å². The molecule has 1 rings (SSSR count). The highest BCUT2D eigenvalue weighted by molar-refractivity contribution is 6.04. The van der Waals surface area contributed by atoms with Gasteiger partial charge in [0.1, 0.15) is 11.6 Å². The molecule has 0 aliphatic heterocycles. The van der Waals surface area contributed by atoms with Crippen LogP contribution in [0.4, 0.5) is 0 Å². The molecule has 0 amide bonds. The summed E-state index contributed by atoms with van der Waals surface area (Å²) in [4.78, 5) is 22.3. The van der Waals surface area contributed by atoms with E-state index < -0.39 is 0 Å². The summed E-state index contributed by atoms with van der Waals surface area (Å²) in [6.07, 6.45) is 0.860. The molecule has 0 bridgehead atoms. The van der Waals surface area contributed by atoms with Gasteiger partial charge in [0.15, 0.2) is 0 Å². The number of rotatable bonds is 0. The number of carbonyl (C=O) groups excluding carboxylic acids is 2. The lowest BCUT2D eigenvalue weighted by molar-refractivity contribution is -0.139. The van der Waals surface area contributed by atoms with E-state index in [1.54, 1.807) is 0 Å². The van der Waals surface area contributed by atoms with Gasteiger partial charge >= 0.3 is 0 Å². The normalized spacial score (nSPS) is 30.6. The minimum Gasteiger partial charge on any atom is -0.299 e. The highest BCUT2D eigenvalue weighted by Gasteiger charge is 2.37.